The number of esters is 2. The van der Waals surface area contributed by atoms with Gasteiger partial charge in [-0.15, -0.1) is 0 Å². The highest BCUT2D eigenvalue weighted by Crippen LogP contribution is 2.19. The Hall–Kier alpha value is -3.10. The number of nitrogens with one attached hydrogen (secondary N) is 1. The van der Waals surface area contributed by atoms with Gasteiger partial charge >= 0.3 is 11.9 Å². The summed E-state index contributed by atoms with van der Waals surface area (Å²) in [5.74, 6) is -1.42. The zero-order chi connectivity index (χ0) is 22.1. The first-order valence-electron chi connectivity index (χ1n) is 9.92. The molecular weight excluding hydrogens is 392 g/mol. The second kappa shape index (κ2) is 11.2. The molecule has 1 saturated heterocycles. The maximum absolute atomic E-state index is 12.5. The zero-order valence-corrected chi connectivity index (χ0v) is 17.5. The van der Waals surface area contributed by atoms with Gasteiger partial charge in [0.25, 0.3) is 11.8 Å². The minimum Gasteiger partial charge on any atom is -0.497 e. The van der Waals surface area contributed by atoms with Crippen LogP contribution in [0.1, 0.15) is 37.0 Å². The summed E-state index contributed by atoms with van der Waals surface area (Å²) >= 11 is 0. The van der Waals surface area contributed by atoms with Gasteiger partial charge in [0.15, 0.2) is 6.10 Å². The summed E-state index contributed by atoms with van der Waals surface area (Å²) in [6.45, 7) is 4.01. The van der Waals surface area contributed by atoms with Crippen molar-refractivity contribution in [3.05, 3.63) is 29.8 Å². The number of carbonyl (C=O) groups excluding carboxylic acids is 4. The Balaban J connectivity index is 1.76. The van der Waals surface area contributed by atoms with Crippen molar-refractivity contribution in [2.45, 2.75) is 32.8 Å². The fraction of sp³-hybridized carbons (Fsp3) is 0.524. The molecule has 2 amide bonds. The van der Waals surface area contributed by atoms with Gasteiger partial charge in [0.2, 0.25) is 0 Å². The number of likely N-dealkylation sites (tertiary alicyclic amines) is 1. The molecule has 1 aromatic rings. The lowest BCUT2D eigenvalue weighted by atomic mass is 9.97. The summed E-state index contributed by atoms with van der Waals surface area (Å²) in [5, 5.41) is 2.46. The molecule has 0 spiro atoms. The Morgan fingerprint density at radius 3 is 2.53 bits per heavy atom. The maximum atomic E-state index is 12.5. The zero-order valence-electron chi connectivity index (χ0n) is 17.5. The van der Waals surface area contributed by atoms with Crippen LogP contribution >= 0.6 is 0 Å². The normalized spacial score (nSPS) is 15.1. The van der Waals surface area contributed by atoms with E-state index in [0.29, 0.717) is 43.9 Å². The Bertz CT molecular complexity index is 772. The molecule has 1 heterocycles. The average Bonchev–Trinajstić information content (AvgIpc) is 2.77. The molecule has 9 nitrogen and oxygen atoms in total. The van der Waals surface area contributed by atoms with Crippen molar-refractivity contribution in [3.63, 3.8) is 0 Å². The van der Waals surface area contributed by atoms with Crippen molar-refractivity contribution >= 4 is 23.8 Å². The largest absolute Gasteiger partial charge is 0.497 e. The second-order valence-corrected chi connectivity index (χ2v) is 6.90. The molecule has 0 aliphatic carbocycles. The average molecular weight is 420 g/mol. The summed E-state index contributed by atoms with van der Waals surface area (Å²) < 4.78 is 15.2. The lowest BCUT2D eigenvalue weighted by Crippen LogP contribution is -2.46. The SMILES string of the molecule is CCOC(=O)C1CCN(C(=O)C(C)OC(=O)CNC(=O)c2cccc(OC)c2)CC1. The molecule has 0 bridgehead atoms. The highest BCUT2D eigenvalue weighted by molar-refractivity contribution is 5.96. The maximum Gasteiger partial charge on any atom is 0.326 e. The minimum absolute atomic E-state index is 0.210. The molecule has 164 valence electrons. The lowest BCUT2D eigenvalue weighted by molar-refractivity contribution is -0.160. The number of amides is 2. The number of hydrogen-bond donors (Lipinski definition) is 1. The smallest absolute Gasteiger partial charge is 0.326 e. The van der Waals surface area contributed by atoms with Crippen LogP contribution in [-0.4, -0.2) is 68.1 Å². The fourth-order valence-electron chi connectivity index (χ4n) is 3.16. The third kappa shape index (κ3) is 6.47. The quantitative estimate of drug-likeness (QED) is 0.628. The highest BCUT2D eigenvalue weighted by Gasteiger charge is 2.31. The van der Waals surface area contributed by atoms with E-state index in [1.807, 2.05) is 0 Å². The number of benzene rings is 1. The van der Waals surface area contributed by atoms with Crippen LogP contribution < -0.4 is 10.1 Å². The molecule has 1 unspecified atom stereocenters. The lowest BCUT2D eigenvalue weighted by Gasteiger charge is -2.32. The van der Waals surface area contributed by atoms with Gasteiger partial charge in [0, 0.05) is 18.7 Å². The van der Waals surface area contributed by atoms with Crippen LogP contribution in [0.3, 0.4) is 0 Å². The van der Waals surface area contributed by atoms with Crippen LogP contribution in [0.5, 0.6) is 5.75 Å². The first kappa shape index (κ1) is 23.2. The predicted molar refractivity (Wildman–Crippen MR) is 107 cm³/mol. The van der Waals surface area contributed by atoms with E-state index in [-0.39, 0.29) is 24.3 Å². The summed E-state index contributed by atoms with van der Waals surface area (Å²) in [5.41, 5.74) is 0.343. The third-order valence-electron chi connectivity index (χ3n) is 4.81. The summed E-state index contributed by atoms with van der Waals surface area (Å²) in [7, 11) is 1.49. The number of piperidine rings is 1. The fourth-order valence-corrected chi connectivity index (χ4v) is 3.16. The van der Waals surface area contributed by atoms with Crippen molar-refractivity contribution in [2.24, 2.45) is 5.92 Å². The van der Waals surface area contributed by atoms with Crippen molar-refractivity contribution in [2.75, 3.05) is 33.4 Å². The molecule has 1 N–H and O–H groups in total. The topological polar surface area (TPSA) is 111 Å². The van der Waals surface area contributed by atoms with Gasteiger partial charge in [-0.3, -0.25) is 19.2 Å². The van der Waals surface area contributed by atoms with Crippen LogP contribution in [0.2, 0.25) is 0 Å². The second-order valence-electron chi connectivity index (χ2n) is 6.90. The molecule has 30 heavy (non-hydrogen) atoms. The molecule has 0 aromatic heterocycles. The van der Waals surface area contributed by atoms with E-state index < -0.39 is 18.0 Å². The Labute approximate surface area is 175 Å². The summed E-state index contributed by atoms with van der Waals surface area (Å²) in [4.78, 5) is 50.0. The van der Waals surface area contributed by atoms with Crippen LogP contribution in [0.4, 0.5) is 0 Å². The number of carbonyl (C=O) groups is 4. The molecule has 1 aromatic carbocycles. The molecule has 1 aliphatic rings. The highest BCUT2D eigenvalue weighted by atomic mass is 16.5. The van der Waals surface area contributed by atoms with Crippen LogP contribution in [0, 0.1) is 5.92 Å². The van der Waals surface area contributed by atoms with E-state index in [9.17, 15) is 19.2 Å². The van der Waals surface area contributed by atoms with E-state index in [1.165, 1.54) is 14.0 Å². The van der Waals surface area contributed by atoms with Crippen molar-refractivity contribution in [3.8, 4) is 5.75 Å². The molecule has 0 radical (unpaired) electrons. The number of ether oxygens (including phenoxy) is 3. The van der Waals surface area contributed by atoms with E-state index in [1.54, 1.807) is 36.1 Å². The van der Waals surface area contributed by atoms with Gasteiger partial charge in [-0.05, 0) is 44.9 Å². The minimum atomic E-state index is -0.981. The Morgan fingerprint density at radius 2 is 1.90 bits per heavy atom. The van der Waals surface area contributed by atoms with E-state index in [2.05, 4.69) is 5.32 Å². The summed E-state index contributed by atoms with van der Waals surface area (Å²) in [6, 6.07) is 6.51. The van der Waals surface area contributed by atoms with Gasteiger partial charge in [-0.2, -0.15) is 0 Å². The van der Waals surface area contributed by atoms with Crippen LogP contribution in [-0.2, 0) is 23.9 Å². The Morgan fingerprint density at radius 1 is 1.20 bits per heavy atom. The molecular formula is C21H28N2O7. The monoisotopic (exact) mass is 420 g/mol. The van der Waals surface area contributed by atoms with Gasteiger partial charge in [-0.1, -0.05) is 6.07 Å². The van der Waals surface area contributed by atoms with E-state index >= 15 is 0 Å². The first-order chi connectivity index (χ1) is 14.3. The van der Waals surface area contributed by atoms with E-state index in [0.717, 1.165) is 0 Å². The standard InChI is InChI=1S/C21H28N2O7/c1-4-29-21(27)15-8-10-23(11-9-15)20(26)14(2)30-18(24)13-22-19(25)16-6-5-7-17(12-16)28-3/h5-7,12,14-15H,4,8-11,13H2,1-3H3,(H,22,25). The molecule has 1 fully saturated rings. The molecule has 2 rings (SSSR count). The predicted octanol–water partition coefficient (Wildman–Crippen LogP) is 1.16. The third-order valence-corrected chi connectivity index (χ3v) is 4.81. The van der Waals surface area contributed by atoms with E-state index in [4.69, 9.17) is 14.2 Å². The summed E-state index contributed by atoms with van der Waals surface area (Å²) in [6.07, 6.45) is 0.0503. The Kier molecular flexibility index (Phi) is 8.64. The van der Waals surface area contributed by atoms with Gasteiger partial charge in [0.05, 0.1) is 19.6 Å². The molecule has 1 aliphatic heterocycles. The van der Waals surface area contributed by atoms with Gasteiger partial charge < -0.3 is 24.4 Å². The number of methoxy groups -OCH3 is 1. The molecule has 1 atom stereocenters. The van der Waals surface area contributed by atoms with Gasteiger partial charge in [-0.25, -0.2) is 0 Å². The van der Waals surface area contributed by atoms with Crippen molar-refractivity contribution in [1.82, 2.24) is 10.2 Å². The number of hydrogen-bond acceptors (Lipinski definition) is 7. The number of rotatable bonds is 8. The van der Waals surface area contributed by atoms with Crippen LogP contribution in [0.25, 0.3) is 0 Å². The van der Waals surface area contributed by atoms with Gasteiger partial charge in [0.1, 0.15) is 12.3 Å². The number of nitrogens with zero attached hydrogens (tertiary/aromatic N) is 1. The molecule has 0 saturated carbocycles. The first-order valence-corrected chi connectivity index (χ1v) is 9.92. The van der Waals surface area contributed by atoms with Crippen LogP contribution in [0.15, 0.2) is 24.3 Å². The van der Waals surface area contributed by atoms with Crippen molar-refractivity contribution in [1.29, 1.82) is 0 Å². The molecule has 9 heteroatoms. The van der Waals surface area contributed by atoms with Crippen molar-refractivity contribution < 1.29 is 33.4 Å².